The average Bonchev–Trinajstić information content (AvgIpc) is 2.49. The molecule has 0 spiro atoms. The maximum Gasteiger partial charge on any atom is 0.0428 e. The molecule has 12 heavy (non-hydrogen) atoms. The predicted molar refractivity (Wildman–Crippen MR) is 54.5 cm³/mol. The number of aryl methyl sites for hydroxylation is 1. The van der Waals surface area contributed by atoms with E-state index in [9.17, 15) is 0 Å². The quantitative estimate of drug-likeness (QED) is 0.535. The summed E-state index contributed by atoms with van der Waals surface area (Å²) in [4.78, 5) is 0. The van der Waals surface area contributed by atoms with Gasteiger partial charge in [-0.3, -0.25) is 0 Å². The number of benzene rings is 1. The Balaban J connectivity index is 2.91. The molecule has 1 heterocycles. The van der Waals surface area contributed by atoms with E-state index in [1.807, 2.05) is 11.4 Å². The Morgan fingerprint density at radius 3 is 3.00 bits per heavy atom. The van der Waals surface area contributed by atoms with Crippen molar-refractivity contribution >= 4 is 21.4 Å². The second-order valence-electron chi connectivity index (χ2n) is 2.75. The molecule has 2 aromatic rings. The molecular formula is C11H8S. The van der Waals surface area contributed by atoms with Crippen LogP contribution in [-0.2, 0) is 0 Å². The molecule has 0 radical (unpaired) electrons. The van der Waals surface area contributed by atoms with Crippen LogP contribution in [0.4, 0.5) is 0 Å². The maximum atomic E-state index is 5.37. The van der Waals surface area contributed by atoms with E-state index in [0.717, 1.165) is 5.56 Å². The highest BCUT2D eigenvalue weighted by Gasteiger charge is 2.02. The molecule has 0 atom stereocenters. The average molecular weight is 172 g/mol. The summed E-state index contributed by atoms with van der Waals surface area (Å²) in [5, 5.41) is 3.25. The Kier molecular flexibility index (Phi) is 1.64. The summed E-state index contributed by atoms with van der Waals surface area (Å²) in [6.45, 7) is 2.11. The van der Waals surface area contributed by atoms with Gasteiger partial charge in [0.1, 0.15) is 0 Å². The van der Waals surface area contributed by atoms with Gasteiger partial charge in [0.15, 0.2) is 0 Å². The topological polar surface area (TPSA) is 0 Å². The van der Waals surface area contributed by atoms with Gasteiger partial charge in [0, 0.05) is 21.0 Å². The fourth-order valence-corrected chi connectivity index (χ4v) is 2.30. The van der Waals surface area contributed by atoms with E-state index in [2.05, 4.69) is 25.0 Å². The van der Waals surface area contributed by atoms with E-state index >= 15 is 0 Å². The van der Waals surface area contributed by atoms with Crippen molar-refractivity contribution in [2.75, 3.05) is 0 Å². The van der Waals surface area contributed by atoms with Crippen LogP contribution in [0.25, 0.3) is 10.1 Å². The molecule has 0 nitrogen and oxygen atoms in total. The summed E-state index contributed by atoms with van der Waals surface area (Å²) < 4.78 is 1.31. The van der Waals surface area contributed by atoms with Crippen molar-refractivity contribution < 1.29 is 0 Å². The lowest BCUT2D eigenvalue weighted by Gasteiger charge is -1.93. The van der Waals surface area contributed by atoms with Gasteiger partial charge in [-0.25, -0.2) is 0 Å². The maximum absolute atomic E-state index is 5.37. The van der Waals surface area contributed by atoms with Gasteiger partial charge in [0.05, 0.1) is 0 Å². The first-order valence-corrected chi connectivity index (χ1v) is 4.64. The van der Waals surface area contributed by atoms with Gasteiger partial charge in [-0.15, -0.1) is 17.8 Å². The van der Waals surface area contributed by atoms with E-state index in [1.165, 1.54) is 15.6 Å². The Morgan fingerprint density at radius 1 is 1.42 bits per heavy atom. The van der Waals surface area contributed by atoms with Gasteiger partial charge >= 0.3 is 0 Å². The van der Waals surface area contributed by atoms with Gasteiger partial charge in [-0.2, -0.15) is 0 Å². The second-order valence-corrected chi connectivity index (χ2v) is 3.62. The van der Waals surface area contributed by atoms with Crippen molar-refractivity contribution in [2.24, 2.45) is 0 Å². The number of hydrogen-bond donors (Lipinski definition) is 0. The highest BCUT2D eigenvalue weighted by Crippen LogP contribution is 2.27. The lowest BCUT2D eigenvalue weighted by Crippen LogP contribution is -1.72. The second kappa shape index (κ2) is 2.66. The molecule has 0 fully saturated rings. The third kappa shape index (κ3) is 0.929. The van der Waals surface area contributed by atoms with Crippen molar-refractivity contribution in [1.82, 2.24) is 0 Å². The Hall–Kier alpha value is -1.26. The highest BCUT2D eigenvalue weighted by atomic mass is 32.1. The number of fused-ring (bicyclic) bond motifs is 1. The summed E-state index contributed by atoms with van der Waals surface area (Å²) >= 11 is 1.72. The van der Waals surface area contributed by atoms with Gasteiger partial charge in [0.25, 0.3) is 0 Å². The molecule has 2 rings (SSSR count). The predicted octanol–water partition coefficient (Wildman–Crippen LogP) is 3.19. The van der Waals surface area contributed by atoms with Crippen LogP contribution < -0.4 is 0 Å². The Bertz CT molecular complexity index is 457. The third-order valence-electron chi connectivity index (χ3n) is 1.95. The molecule has 0 N–H and O–H groups in total. The van der Waals surface area contributed by atoms with Crippen molar-refractivity contribution in [2.45, 2.75) is 6.92 Å². The molecule has 0 unspecified atom stereocenters. The lowest BCUT2D eigenvalue weighted by atomic mass is 10.1. The molecule has 58 valence electrons. The first kappa shape index (κ1) is 7.39. The van der Waals surface area contributed by atoms with Crippen molar-refractivity contribution in [3.63, 3.8) is 0 Å². The summed E-state index contributed by atoms with van der Waals surface area (Å²) in [7, 11) is 0. The SMILES string of the molecule is C#Cc1csc2c(C)cccc12. The molecular weight excluding hydrogens is 164 g/mol. The Labute approximate surface area is 75.8 Å². The number of hydrogen-bond acceptors (Lipinski definition) is 1. The first-order chi connectivity index (χ1) is 5.83. The fraction of sp³-hybridized carbons (Fsp3) is 0.0909. The van der Waals surface area contributed by atoms with Crippen LogP contribution in [0.5, 0.6) is 0 Å². The molecule has 1 aromatic carbocycles. The van der Waals surface area contributed by atoms with E-state index in [1.54, 1.807) is 11.3 Å². The van der Waals surface area contributed by atoms with Gasteiger partial charge in [0.2, 0.25) is 0 Å². The molecule has 1 aromatic heterocycles. The molecule has 0 aliphatic carbocycles. The van der Waals surface area contributed by atoms with Crippen LogP contribution in [0, 0.1) is 19.3 Å². The zero-order valence-electron chi connectivity index (χ0n) is 6.79. The van der Waals surface area contributed by atoms with Crippen LogP contribution in [0.2, 0.25) is 0 Å². The minimum absolute atomic E-state index is 1.01. The van der Waals surface area contributed by atoms with Crippen LogP contribution in [0.1, 0.15) is 11.1 Å². The monoisotopic (exact) mass is 172 g/mol. The van der Waals surface area contributed by atoms with Crippen LogP contribution in [-0.4, -0.2) is 0 Å². The number of thiophene rings is 1. The minimum atomic E-state index is 1.01. The Morgan fingerprint density at radius 2 is 2.25 bits per heavy atom. The van der Waals surface area contributed by atoms with Gasteiger partial charge in [-0.05, 0) is 12.5 Å². The standard InChI is InChI=1S/C11H8S/c1-3-9-7-12-11-8(2)5-4-6-10(9)11/h1,4-7H,2H3. The van der Waals surface area contributed by atoms with E-state index in [-0.39, 0.29) is 0 Å². The molecule has 0 bridgehead atoms. The molecule has 0 saturated carbocycles. The largest absolute Gasteiger partial charge is 0.142 e. The summed E-state index contributed by atoms with van der Waals surface area (Å²) in [6.07, 6.45) is 5.37. The van der Waals surface area contributed by atoms with Gasteiger partial charge < -0.3 is 0 Å². The van der Waals surface area contributed by atoms with Crippen LogP contribution in [0.15, 0.2) is 23.6 Å². The normalized spacial score (nSPS) is 10.0. The van der Waals surface area contributed by atoms with Crippen molar-refractivity contribution in [3.8, 4) is 12.3 Å². The molecule has 0 aliphatic rings. The van der Waals surface area contributed by atoms with Crippen molar-refractivity contribution in [3.05, 3.63) is 34.7 Å². The zero-order chi connectivity index (χ0) is 8.55. The van der Waals surface area contributed by atoms with E-state index < -0.39 is 0 Å². The van der Waals surface area contributed by atoms with Crippen LogP contribution >= 0.6 is 11.3 Å². The summed E-state index contributed by atoms with van der Waals surface area (Å²) in [6, 6.07) is 6.23. The molecule has 0 saturated heterocycles. The smallest absolute Gasteiger partial charge is 0.0428 e. The van der Waals surface area contributed by atoms with Crippen LogP contribution in [0.3, 0.4) is 0 Å². The molecule has 0 aliphatic heterocycles. The number of rotatable bonds is 0. The summed E-state index contributed by atoms with van der Waals surface area (Å²) in [5.41, 5.74) is 2.32. The zero-order valence-corrected chi connectivity index (χ0v) is 7.61. The summed E-state index contributed by atoms with van der Waals surface area (Å²) in [5.74, 6) is 2.69. The molecule has 1 heteroatoms. The lowest BCUT2D eigenvalue weighted by molar-refractivity contribution is 1.56. The van der Waals surface area contributed by atoms with Crippen molar-refractivity contribution in [1.29, 1.82) is 0 Å². The fourth-order valence-electron chi connectivity index (χ4n) is 1.31. The van der Waals surface area contributed by atoms with E-state index in [0.29, 0.717) is 0 Å². The third-order valence-corrected chi connectivity index (χ3v) is 3.08. The minimum Gasteiger partial charge on any atom is -0.142 e. The molecule has 0 amide bonds. The van der Waals surface area contributed by atoms with E-state index in [4.69, 9.17) is 6.42 Å². The number of terminal acetylenes is 1. The highest BCUT2D eigenvalue weighted by molar-refractivity contribution is 7.17. The van der Waals surface area contributed by atoms with Gasteiger partial charge in [-0.1, -0.05) is 24.1 Å². The first-order valence-electron chi connectivity index (χ1n) is 3.76.